The van der Waals surface area contributed by atoms with E-state index in [9.17, 15) is 10.0 Å². The van der Waals surface area contributed by atoms with Gasteiger partial charge in [0.15, 0.2) is 0 Å². The Morgan fingerprint density at radius 2 is 0.842 bits per heavy atom. The van der Waals surface area contributed by atoms with E-state index in [-0.39, 0.29) is 0 Å². The molecule has 0 fully saturated rings. The van der Waals surface area contributed by atoms with Crippen molar-refractivity contribution in [3.05, 3.63) is 269 Å². The van der Waals surface area contributed by atoms with Gasteiger partial charge in [0.05, 0.1) is 44.9 Å². The van der Waals surface area contributed by atoms with Crippen molar-refractivity contribution in [3.63, 3.8) is 0 Å². The van der Waals surface area contributed by atoms with E-state index in [0.29, 0.717) is 5.46 Å². The van der Waals surface area contributed by atoms with Gasteiger partial charge in [0, 0.05) is 73.1 Å². The second-order valence-corrected chi connectivity index (χ2v) is 20.1. The van der Waals surface area contributed by atoms with Crippen molar-refractivity contribution in [2.24, 2.45) is 9.98 Å². The predicted molar refractivity (Wildman–Crippen MR) is 318 cm³/mol. The number of hydrogen-bond acceptors (Lipinski definition) is 4. The Labute approximate surface area is 444 Å². The molecule has 0 unspecified atom stereocenters. The topological polar surface area (TPSA) is 75.0 Å². The molecular formula is C68H46BClN4O2. The maximum Gasteiger partial charge on any atom is 0.488 e. The normalized spacial score (nSPS) is 13.4. The Morgan fingerprint density at radius 1 is 0.395 bits per heavy atom. The van der Waals surface area contributed by atoms with Crippen LogP contribution in [0.15, 0.2) is 241 Å². The summed E-state index contributed by atoms with van der Waals surface area (Å²) in [5.41, 5.74) is 24.6. The van der Waals surface area contributed by atoms with Crippen molar-refractivity contribution in [1.82, 2.24) is 9.13 Å². The largest absolute Gasteiger partial charge is 0.488 e. The number of allylic oxidation sites excluding steroid dienone is 2. The molecule has 0 spiro atoms. The Kier molecular flexibility index (Phi) is 11.2. The molecule has 0 atom stereocenters. The van der Waals surface area contributed by atoms with Crippen molar-refractivity contribution in [2.75, 3.05) is 0 Å². The van der Waals surface area contributed by atoms with E-state index in [4.69, 9.17) is 21.6 Å². The molecule has 16 rings (SSSR count). The van der Waals surface area contributed by atoms with Crippen LogP contribution in [-0.4, -0.2) is 37.7 Å². The zero-order chi connectivity index (χ0) is 50.9. The fourth-order valence-corrected chi connectivity index (χ4v) is 11.7. The lowest BCUT2D eigenvalue weighted by Gasteiger charge is -2.17. The molecule has 360 valence electrons. The van der Waals surface area contributed by atoms with E-state index >= 15 is 0 Å². The minimum atomic E-state index is -1.46. The van der Waals surface area contributed by atoms with Crippen LogP contribution < -0.4 is 5.46 Å². The molecule has 2 N–H and O–H groups in total. The summed E-state index contributed by atoms with van der Waals surface area (Å²) >= 11 is 6.06. The second kappa shape index (κ2) is 18.7. The first-order valence-electron chi connectivity index (χ1n) is 25.6. The van der Waals surface area contributed by atoms with Crippen LogP contribution in [-0.2, 0) is 12.8 Å². The summed E-state index contributed by atoms with van der Waals surface area (Å²) in [6, 6.07) is 79.8. The first-order chi connectivity index (χ1) is 37.4. The van der Waals surface area contributed by atoms with Gasteiger partial charge in [0.25, 0.3) is 0 Å². The lowest BCUT2D eigenvalue weighted by Crippen LogP contribution is -2.29. The number of benzene rings is 10. The molecule has 10 aromatic carbocycles. The van der Waals surface area contributed by atoms with Gasteiger partial charge in [0.2, 0.25) is 0 Å². The monoisotopic (exact) mass is 996 g/mol. The predicted octanol–water partition coefficient (Wildman–Crippen LogP) is 15.6. The summed E-state index contributed by atoms with van der Waals surface area (Å²) < 4.78 is 4.56. The Bertz CT molecular complexity index is 4450. The maximum absolute atomic E-state index is 9.43. The van der Waals surface area contributed by atoms with Crippen LogP contribution in [0.3, 0.4) is 0 Å². The third kappa shape index (κ3) is 7.92. The van der Waals surface area contributed by atoms with Gasteiger partial charge in [-0.3, -0.25) is 9.98 Å². The van der Waals surface area contributed by atoms with Gasteiger partial charge < -0.3 is 19.2 Å². The highest BCUT2D eigenvalue weighted by Gasteiger charge is 2.27. The minimum absolute atomic E-state index is 0.503. The molecule has 0 saturated carbocycles. The number of aliphatic imine (C=N–C) groups is 2. The van der Waals surface area contributed by atoms with Crippen molar-refractivity contribution < 1.29 is 10.0 Å². The highest BCUT2D eigenvalue weighted by molar-refractivity contribution is 6.59. The number of fused-ring (bicyclic) bond motifs is 14. The molecule has 4 heterocycles. The van der Waals surface area contributed by atoms with E-state index in [1.54, 1.807) is 6.07 Å². The average molecular weight is 997 g/mol. The van der Waals surface area contributed by atoms with Crippen molar-refractivity contribution in [1.29, 1.82) is 0 Å². The summed E-state index contributed by atoms with van der Waals surface area (Å²) in [7, 11) is -1.46. The van der Waals surface area contributed by atoms with Crippen LogP contribution >= 0.6 is 11.6 Å². The molecule has 0 amide bonds. The van der Waals surface area contributed by atoms with E-state index < -0.39 is 7.12 Å². The van der Waals surface area contributed by atoms with E-state index in [1.807, 2.05) is 60.7 Å². The van der Waals surface area contributed by atoms with Crippen LogP contribution in [0.1, 0.15) is 33.4 Å². The first-order valence-corrected chi connectivity index (χ1v) is 26.0. The molecule has 12 aromatic rings. The van der Waals surface area contributed by atoms with Crippen molar-refractivity contribution in [3.8, 4) is 22.5 Å². The third-order valence-electron chi connectivity index (χ3n) is 15.1. The summed E-state index contributed by atoms with van der Waals surface area (Å²) in [4.78, 5) is 9.60. The minimum Gasteiger partial charge on any atom is -0.423 e. The van der Waals surface area contributed by atoms with Gasteiger partial charge in [-0.25, -0.2) is 0 Å². The van der Waals surface area contributed by atoms with Crippen LogP contribution in [0.25, 0.3) is 89.4 Å². The van der Waals surface area contributed by atoms with Gasteiger partial charge in [-0.1, -0.05) is 157 Å². The number of rotatable bonds is 4. The SMILES string of the molecule is C1=C2C(=Nc3ccccc32)Cc2ccc(-c3ccc4c(c3)c3ccccc3n4-c3ccccc3)cc21.Clc1ccc2c(c1)C=C1C(=Nc3ccccc31)C2.OB(O)c1ccc2c(c1)c1ccccc1n2-c1ccccc1. The molecule has 2 aromatic heterocycles. The summed E-state index contributed by atoms with van der Waals surface area (Å²) in [5, 5.41) is 24.3. The van der Waals surface area contributed by atoms with Gasteiger partial charge >= 0.3 is 7.12 Å². The van der Waals surface area contributed by atoms with Gasteiger partial charge in [-0.2, -0.15) is 0 Å². The zero-order valence-corrected chi connectivity index (χ0v) is 41.9. The highest BCUT2D eigenvalue weighted by atomic mass is 35.5. The van der Waals surface area contributed by atoms with Crippen molar-refractivity contribution in [2.45, 2.75) is 12.8 Å². The van der Waals surface area contributed by atoms with Gasteiger partial charge in [-0.05, 0) is 136 Å². The van der Waals surface area contributed by atoms with Gasteiger partial charge in [-0.15, -0.1) is 0 Å². The standard InChI is InChI=1S/C34H22N2.C18H14BNO2.C16H10ClN/c1-2-8-26(9-3-1)36-33-13-7-5-11-28(33)30-19-23(16-17-34(30)36)22-14-15-24-21-32-29(20-25(24)18-22)27-10-4-6-12-31(27)35-32;21-19(22)13-10-11-18-16(12-13)15-8-4-5-9-17(15)20(18)14-6-2-1-3-7-14;17-12-6-5-10-9-16-14(8-11(10)7-12)13-3-1-2-4-15(13)18-16/h1-20H,21H2;1-12,21-22H;1-8H,9H2. The van der Waals surface area contributed by atoms with Crippen LogP contribution in [0.4, 0.5) is 11.4 Å². The Hall–Kier alpha value is -9.11. The molecule has 0 bridgehead atoms. The molecule has 4 aliphatic rings. The fourth-order valence-electron chi connectivity index (χ4n) is 11.5. The molecule has 2 aliphatic heterocycles. The summed E-state index contributed by atoms with van der Waals surface area (Å²) in [5.74, 6) is 0. The van der Waals surface area contributed by atoms with Crippen LogP contribution in [0, 0.1) is 0 Å². The lowest BCUT2D eigenvalue weighted by atomic mass is 9.80. The number of nitrogens with zero attached hydrogens (tertiary/aromatic N) is 4. The highest BCUT2D eigenvalue weighted by Crippen LogP contribution is 2.43. The maximum atomic E-state index is 9.43. The molecule has 6 nitrogen and oxygen atoms in total. The van der Waals surface area contributed by atoms with Crippen LogP contribution in [0.2, 0.25) is 5.02 Å². The smallest absolute Gasteiger partial charge is 0.423 e. The molecule has 0 radical (unpaired) electrons. The van der Waals surface area contributed by atoms with E-state index in [0.717, 1.165) is 56.7 Å². The summed E-state index contributed by atoms with van der Waals surface area (Å²) in [6.07, 6.45) is 6.31. The quantitative estimate of drug-likeness (QED) is 0.172. The zero-order valence-electron chi connectivity index (χ0n) is 41.1. The summed E-state index contributed by atoms with van der Waals surface area (Å²) in [6.45, 7) is 0. The van der Waals surface area contributed by atoms with E-state index in [1.165, 1.54) is 94.6 Å². The van der Waals surface area contributed by atoms with Crippen molar-refractivity contribution >= 4 is 114 Å². The van der Waals surface area contributed by atoms with Gasteiger partial charge in [0.1, 0.15) is 0 Å². The lowest BCUT2D eigenvalue weighted by molar-refractivity contribution is 0.426. The molecule has 76 heavy (non-hydrogen) atoms. The number of hydrogen-bond donors (Lipinski definition) is 2. The second-order valence-electron chi connectivity index (χ2n) is 19.6. The Balaban J connectivity index is 0.000000113. The number of halogens is 1. The fraction of sp³-hybridized carbons (Fsp3) is 0.0294. The molecular weight excluding hydrogens is 951 g/mol. The van der Waals surface area contributed by atoms with E-state index in [2.05, 4.69) is 185 Å². The number of aromatic nitrogens is 2. The molecule has 2 aliphatic carbocycles. The average Bonchev–Trinajstić information content (AvgIpc) is 4.22. The number of para-hydroxylation sites is 6. The molecule has 0 saturated heterocycles. The molecule has 8 heteroatoms. The first kappa shape index (κ1) is 45.5. The Morgan fingerprint density at radius 3 is 1.42 bits per heavy atom. The third-order valence-corrected chi connectivity index (χ3v) is 15.4. The van der Waals surface area contributed by atoms with Crippen LogP contribution in [0.5, 0.6) is 0 Å².